The molecule has 2 heterocycles. The van der Waals surface area contributed by atoms with Crippen molar-refractivity contribution in [2.75, 3.05) is 0 Å². The summed E-state index contributed by atoms with van der Waals surface area (Å²) < 4.78 is 2.22. The molecule has 6 aromatic rings. The van der Waals surface area contributed by atoms with Gasteiger partial charge < -0.3 is 5.11 Å². The minimum absolute atomic E-state index is 0.0697. The summed E-state index contributed by atoms with van der Waals surface area (Å²) in [7, 11) is 0. The maximum atomic E-state index is 11.2. The van der Waals surface area contributed by atoms with Crippen LogP contribution in [0.2, 0.25) is 0 Å². The van der Waals surface area contributed by atoms with Crippen LogP contribution in [0.4, 0.5) is 0 Å². The van der Waals surface area contributed by atoms with Crippen LogP contribution < -0.4 is 0 Å². The summed E-state index contributed by atoms with van der Waals surface area (Å²) >= 11 is 0. The summed E-state index contributed by atoms with van der Waals surface area (Å²) in [6, 6.07) is 31.5. The normalized spacial score (nSPS) is 12.3. The molecule has 0 radical (unpaired) electrons. The number of imidazole rings is 1. The van der Waals surface area contributed by atoms with E-state index in [1.54, 1.807) is 12.1 Å². The molecule has 1 N–H and O–H groups in total. The van der Waals surface area contributed by atoms with Gasteiger partial charge in [0.2, 0.25) is 0 Å². The van der Waals surface area contributed by atoms with Crippen molar-refractivity contribution in [2.24, 2.45) is 0 Å². The van der Waals surface area contributed by atoms with Gasteiger partial charge in [0.05, 0.1) is 22.3 Å². The number of nitrogens with zero attached hydrogens (tertiary/aromatic N) is 3. The van der Waals surface area contributed by atoms with Crippen LogP contribution in [-0.2, 0) is 16.2 Å². The Labute approximate surface area is 297 Å². The number of pyridine rings is 1. The zero-order valence-corrected chi connectivity index (χ0v) is 31.0. The van der Waals surface area contributed by atoms with Gasteiger partial charge in [0.1, 0.15) is 11.6 Å². The fraction of sp³-hybridized carbons (Fsp3) is 0.261. The zero-order chi connectivity index (χ0) is 36.2. The second-order valence-electron chi connectivity index (χ2n) is 16.4. The lowest BCUT2D eigenvalue weighted by Crippen LogP contribution is -2.17. The van der Waals surface area contributed by atoms with Gasteiger partial charge >= 0.3 is 0 Å². The lowest BCUT2D eigenvalue weighted by atomic mass is 9.80. The van der Waals surface area contributed by atoms with Gasteiger partial charge in [-0.2, -0.15) is 0 Å². The second-order valence-corrected chi connectivity index (χ2v) is 16.4. The highest BCUT2D eigenvalue weighted by molar-refractivity contribution is 5.97. The topological polar surface area (TPSA) is 50.9 Å². The minimum atomic E-state index is -0.113. The molecule has 0 aliphatic heterocycles. The average molecular weight is 660 g/mol. The van der Waals surface area contributed by atoms with Crippen LogP contribution in [-0.4, -0.2) is 19.6 Å². The van der Waals surface area contributed by atoms with Crippen molar-refractivity contribution in [3.8, 4) is 45.2 Å². The molecule has 0 aliphatic carbocycles. The monoisotopic (exact) mass is 659 g/mol. The van der Waals surface area contributed by atoms with Crippen LogP contribution in [0.15, 0.2) is 116 Å². The maximum Gasteiger partial charge on any atom is 0.149 e. The van der Waals surface area contributed by atoms with E-state index in [2.05, 4.69) is 141 Å². The fourth-order valence-electron chi connectivity index (χ4n) is 6.31. The van der Waals surface area contributed by atoms with E-state index in [0.717, 1.165) is 50.2 Å². The van der Waals surface area contributed by atoms with Crippen molar-refractivity contribution in [1.29, 1.82) is 0 Å². The van der Waals surface area contributed by atoms with Crippen LogP contribution in [0, 0.1) is 0 Å². The summed E-state index contributed by atoms with van der Waals surface area (Å²) in [6.07, 6.45) is 3.61. The Balaban J connectivity index is 1.68. The minimum Gasteiger partial charge on any atom is -0.507 e. The molecule has 0 saturated heterocycles. The third-order valence-electron chi connectivity index (χ3n) is 9.52. The molecule has 50 heavy (non-hydrogen) atoms. The van der Waals surface area contributed by atoms with E-state index >= 15 is 0 Å². The van der Waals surface area contributed by atoms with E-state index in [1.165, 1.54) is 16.7 Å². The van der Waals surface area contributed by atoms with Crippen LogP contribution in [0.25, 0.3) is 56.1 Å². The van der Waals surface area contributed by atoms with Crippen LogP contribution in [0.5, 0.6) is 5.75 Å². The lowest BCUT2D eigenvalue weighted by Gasteiger charge is -2.27. The highest BCUT2D eigenvalue weighted by Gasteiger charge is 2.25. The Morgan fingerprint density at radius 3 is 1.90 bits per heavy atom. The Morgan fingerprint density at radius 1 is 0.680 bits per heavy atom. The van der Waals surface area contributed by atoms with Crippen molar-refractivity contribution in [1.82, 2.24) is 14.5 Å². The van der Waals surface area contributed by atoms with Gasteiger partial charge in [-0.1, -0.05) is 118 Å². The molecular formula is C46H49N3O. The lowest BCUT2D eigenvalue weighted by molar-refractivity contribution is 0.477. The number of aromatic nitrogens is 3. The van der Waals surface area contributed by atoms with Gasteiger partial charge in [0.25, 0.3) is 0 Å². The Kier molecular flexibility index (Phi) is 8.72. The molecule has 6 rings (SSSR count). The molecule has 2 aromatic heterocycles. The molecule has 0 unspecified atom stereocenters. The maximum absolute atomic E-state index is 11.2. The first-order chi connectivity index (χ1) is 23.5. The number of aromatic hydroxyl groups is 1. The number of para-hydroxylation sites is 2. The zero-order valence-electron chi connectivity index (χ0n) is 31.0. The van der Waals surface area contributed by atoms with Gasteiger partial charge in [-0.25, -0.2) is 4.98 Å². The highest BCUT2D eigenvalue weighted by atomic mass is 16.3. The molecule has 0 aliphatic rings. The van der Waals surface area contributed by atoms with Gasteiger partial charge in [-0.3, -0.25) is 9.55 Å². The number of allylic oxidation sites excluding steroid dienone is 2. The number of phenolic OH excluding ortho intramolecular Hbond substituents is 1. The molecule has 4 heteroatoms. The summed E-state index contributed by atoms with van der Waals surface area (Å²) in [6.45, 7) is 28.3. The Bertz CT molecular complexity index is 2230. The molecule has 4 nitrogen and oxygen atoms in total. The molecule has 4 aromatic carbocycles. The van der Waals surface area contributed by atoms with Crippen molar-refractivity contribution in [3.05, 3.63) is 139 Å². The van der Waals surface area contributed by atoms with E-state index in [1.807, 2.05) is 30.5 Å². The summed E-state index contributed by atoms with van der Waals surface area (Å²) in [5.41, 5.74) is 12.8. The van der Waals surface area contributed by atoms with E-state index in [-0.39, 0.29) is 22.0 Å². The van der Waals surface area contributed by atoms with Crippen LogP contribution >= 0.6 is 0 Å². The van der Waals surface area contributed by atoms with E-state index in [0.29, 0.717) is 11.4 Å². The second kappa shape index (κ2) is 12.6. The van der Waals surface area contributed by atoms with Crippen molar-refractivity contribution in [2.45, 2.75) is 78.6 Å². The third kappa shape index (κ3) is 6.67. The Morgan fingerprint density at radius 2 is 1.28 bits per heavy atom. The summed E-state index contributed by atoms with van der Waals surface area (Å²) in [4.78, 5) is 10.2. The number of hydrogen-bond donors (Lipinski definition) is 1. The highest BCUT2D eigenvalue weighted by Crippen LogP contribution is 2.41. The first-order valence-electron chi connectivity index (χ1n) is 17.4. The van der Waals surface area contributed by atoms with Gasteiger partial charge in [0.15, 0.2) is 0 Å². The number of phenols is 1. The molecular weight excluding hydrogens is 611 g/mol. The molecule has 254 valence electrons. The van der Waals surface area contributed by atoms with E-state index in [4.69, 9.17) is 9.97 Å². The largest absolute Gasteiger partial charge is 0.507 e. The molecule has 0 fully saturated rings. The average Bonchev–Trinajstić information content (AvgIpc) is 3.46. The first-order valence-corrected chi connectivity index (χ1v) is 17.4. The summed E-state index contributed by atoms with van der Waals surface area (Å²) in [5, 5.41) is 11.2. The predicted octanol–water partition coefficient (Wildman–Crippen LogP) is 12.2. The number of hydrogen-bond acceptors (Lipinski definition) is 3. The first kappa shape index (κ1) is 34.6. The van der Waals surface area contributed by atoms with E-state index < -0.39 is 0 Å². The quantitative estimate of drug-likeness (QED) is 0.181. The number of rotatable bonds is 6. The van der Waals surface area contributed by atoms with Crippen LogP contribution in [0.1, 0.15) is 84.6 Å². The fourth-order valence-corrected chi connectivity index (χ4v) is 6.31. The SMILES string of the molecule is C=CC(=C)c1ccnc(-c2cc(-c3cccc4c3nc(-c3ccccc3O)n4-c3cc(C(C)(C)C)cc(C(C)(C)C)c3)cc(C(C)(C)C)c2)c1. The third-order valence-corrected chi connectivity index (χ3v) is 9.52. The van der Waals surface area contributed by atoms with E-state index in [9.17, 15) is 5.11 Å². The predicted molar refractivity (Wildman–Crippen MR) is 212 cm³/mol. The summed E-state index contributed by atoms with van der Waals surface area (Å²) in [5.74, 6) is 0.888. The Hall–Kier alpha value is -5.22. The molecule has 0 spiro atoms. The number of benzene rings is 4. The standard InChI is InChI=1S/C46H49N3O/c1-12-29(2)30-20-21-47-39(25-30)32-22-31(23-33(24-32)44(3,4)5)37-17-15-18-40-42(37)48-43(38-16-13-14-19-41(38)50)49(40)36-27-34(45(6,7)8)26-35(28-36)46(9,10)11/h12-28,50H,1-2H2,3-11H3. The molecule has 0 bridgehead atoms. The van der Waals surface area contributed by atoms with Crippen molar-refractivity contribution < 1.29 is 5.11 Å². The van der Waals surface area contributed by atoms with Crippen molar-refractivity contribution in [3.63, 3.8) is 0 Å². The van der Waals surface area contributed by atoms with Gasteiger partial charge in [-0.15, -0.1) is 0 Å². The molecule has 0 amide bonds. The number of fused-ring (bicyclic) bond motifs is 1. The smallest absolute Gasteiger partial charge is 0.149 e. The van der Waals surface area contributed by atoms with Crippen molar-refractivity contribution >= 4 is 16.6 Å². The molecule has 0 saturated carbocycles. The molecule has 0 atom stereocenters. The van der Waals surface area contributed by atoms with Gasteiger partial charge in [0, 0.05) is 23.0 Å². The van der Waals surface area contributed by atoms with Gasteiger partial charge in [-0.05, 0) is 104 Å². The van der Waals surface area contributed by atoms with Crippen LogP contribution in [0.3, 0.4) is 0 Å².